The Morgan fingerprint density at radius 2 is 1.77 bits per heavy atom. The van der Waals surface area contributed by atoms with Crippen molar-refractivity contribution in [3.8, 4) is 5.75 Å². The number of anilines is 1. The second kappa shape index (κ2) is 8.08. The Morgan fingerprint density at radius 3 is 2.53 bits per heavy atom. The Balaban J connectivity index is 1.88. The fraction of sp³-hybridized carbons (Fsp3) is 0.125. The van der Waals surface area contributed by atoms with Gasteiger partial charge in [-0.3, -0.25) is 19.8 Å². The number of aryl methyl sites for hydroxylation is 1. The van der Waals surface area contributed by atoms with Gasteiger partial charge in [0.2, 0.25) is 0 Å². The van der Waals surface area contributed by atoms with Gasteiger partial charge in [0.05, 0.1) is 12.3 Å². The lowest BCUT2D eigenvalue weighted by molar-refractivity contribution is -0.122. The van der Waals surface area contributed by atoms with E-state index in [1.54, 1.807) is 12.1 Å². The number of thiocarbonyl (C=S) groups is 1. The van der Waals surface area contributed by atoms with Gasteiger partial charge >= 0.3 is 0 Å². The van der Waals surface area contributed by atoms with Crippen LogP contribution in [0.15, 0.2) is 66.2 Å². The molecule has 30 heavy (non-hydrogen) atoms. The largest absolute Gasteiger partial charge is 0.493 e. The second-order valence-electron chi connectivity index (χ2n) is 6.88. The highest BCUT2D eigenvalue weighted by atomic mass is 32.1. The van der Waals surface area contributed by atoms with Crippen LogP contribution in [0.4, 0.5) is 5.69 Å². The van der Waals surface area contributed by atoms with Crippen LogP contribution < -0.4 is 15.0 Å². The summed E-state index contributed by atoms with van der Waals surface area (Å²) in [5, 5.41) is 4.60. The van der Waals surface area contributed by atoms with E-state index in [0.717, 1.165) is 16.3 Å². The maximum atomic E-state index is 13.4. The Bertz CT molecular complexity index is 1220. The summed E-state index contributed by atoms with van der Waals surface area (Å²) < 4.78 is 5.78. The fourth-order valence-electron chi connectivity index (χ4n) is 3.54. The SMILES string of the molecule is CCOc1ccc2ccccc2c1/C=C1\C(=O)NC(=S)N(c2ccccc2C)C1=O. The van der Waals surface area contributed by atoms with Crippen LogP contribution in [0.2, 0.25) is 0 Å². The molecule has 1 aliphatic rings. The molecule has 0 saturated carbocycles. The molecule has 6 heteroatoms. The molecule has 0 atom stereocenters. The minimum Gasteiger partial charge on any atom is -0.493 e. The van der Waals surface area contributed by atoms with Gasteiger partial charge < -0.3 is 4.74 Å². The van der Waals surface area contributed by atoms with Crippen LogP contribution in [0.5, 0.6) is 5.75 Å². The standard InChI is InChI=1S/C24H20N2O3S/c1-3-29-21-13-12-16-9-5-6-10-17(16)18(21)14-19-22(27)25-24(30)26(23(19)28)20-11-7-4-8-15(20)2/h4-14H,3H2,1-2H3,(H,25,27,30)/b19-14+. The van der Waals surface area contributed by atoms with Crippen molar-refractivity contribution in [3.05, 3.63) is 77.4 Å². The maximum absolute atomic E-state index is 13.4. The van der Waals surface area contributed by atoms with Gasteiger partial charge in [-0.05, 0) is 60.6 Å². The molecule has 5 nitrogen and oxygen atoms in total. The zero-order valence-electron chi connectivity index (χ0n) is 16.6. The number of nitrogens with one attached hydrogen (secondary N) is 1. The fourth-order valence-corrected chi connectivity index (χ4v) is 3.81. The predicted octanol–water partition coefficient (Wildman–Crippen LogP) is 4.38. The van der Waals surface area contributed by atoms with E-state index in [1.165, 1.54) is 4.90 Å². The molecule has 2 amide bonds. The molecule has 1 fully saturated rings. The number of carbonyl (C=O) groups excluding carboxylic acids is 2. The van der Waals surface area contributed by atoms with Gasteiger partial charge in [0.1, 0.15) is 11.3 Å². The average molecular weight is 417 g/mol. The molecule has 150 valence electrons. The van der Waals surface area contributed by atoms with Crippen LogP contribution in [-0.4, -0.2) is 23.5 Å². The van der Waals surface area contributed by atoms with Crippen LogP contribution in [0, 0.1) is 6.92 Å². The number of fused-ring (bicyclic) bond motifs is 1. The van der Waals surface area contributed by atoms with E-state index < -0.39 is 11.8 Å². The summed E-state index contributed by atoms with van der Waals surface area (Å²) in [4.78, 5) is 27.5. The minimum atomic E-state index is -0.523. The molecule has 0 radical (unpaired) electrons. The number of hydrogen-bond acceptors (Lipinski definition) is 4. The summed E-state index contributed by atoms with van der Waals surface area (Å²) in [6.45, 7) is 4.25. The van der Waals surface area contributed by atoms with Crippen LogP contribution in [0.25, 0.3) is 16.8 Å². The van der Waals surface area contributed by atoms with Crippen molar-refractivity contribution in [1.29, 1.82) is 0 Å². The summed E-state index contributed by atoms with van der Waals surface area (Å²) in [5.74, 6) is -0.376. The smallest absolute Gasteiger partial charge is 0.270 e. The highest BCUT2D eigenvalue weighted by Gasteiger charge is 2.35. The monoisotopic (exact) mass is 416 g/mol. The highest BCUT2D eigenvalue weighted by molar-refractivity contribution is 7.80. The van der Waals surface area contributed by atoms with Crippen LogP contribution in [-0.2, 0) is 9.59 Å². The topological polar surface area (TPSA) is 58.6 Å². The molecule has 4 rings (SSSR count). The molecule has 1 saturated heterocycles. The molecular weight excluding hydrogens is 396 g/mol. The third-order valence-corrected chi connectivity index (χ3v) is 5.26. The van der Waals surface area contributed by atoms with Crippen molar-refractivity contribution in [2.45, 2.75) is 13.8 Å². The highest BCUT2D eigenvalue weighted by Crippen LogP contribution is 2.32. The lowest BCUT2D eigenvalue weighted by Crippen LogP contribution is -2.54. The molecular formula is C24H20N2O3S. The van der Waals surface area contributed by atoms with Crippen molar-refractivity contribution in [1.82, 2.24) is 5.32 Å². The third-order valence-electron chi connectivity index (χ3n) is 4.98. The first kappa shape index (κ1) is 19.8. The molecule has 0 aliphatic carbocycles. The Hall–Kier alpha value is -3.51. The molecule has 0 spiro atoms. The number of benzene rings is 3. The molecule has 3 aromatic carbocycles. The van der Waals surface area contributed by atoms with E-state index in [2.05, 4.69) is 5.32 Å². The van der Waals surface area contributed by atoms with Gasteiger partial charge in [-0.25, -0.2) is 0 Å². The summed E-state index contributed by atoms with van der Waals surface area (Å²) >= 11 is 5.31. The quantitative estimate of drug-likeness (QED) is 0.390. The van der Waals surface area contributed by atoms with Gasteiger partial charge in [-0.1, -0.05) is 48.5 Å². The van der Waals surface area contributed by atoms with E-state index in [-0.39, 0.29) is 10.7 Å². The number of para-hydroxylation sites is 1. The Morgan fingerprint density at radius 1 is 1.03 bits per heavy atom. The zero-order chi connectivity index (χ0) is 21.3. The van der Waals surface area contributed by atoms with Gasteiger partial charge in [0.25, 0.3) is 11.8 Å². The first-order valence-corrected chi connectivity index (χ1v) is 10.0. The number of ether oxygens (including phenoxy) is 1. The van der Waals surface area contributed by atoms with Crippen molar-refractivity contribution in [3.63, 3.8) is 0 Å². The molecule has 1 N–H and O–H groups in total. The Kier molecular flexibility index (Phi) is 5.33. The van der Waals surface area contributed by atoms with E-state index in [0.29, 0.717) is 23.6 Å². The van der Waals surface area contributed by atoms with Crippen molar-refractivity contribution in [2.24, 2.45) is 0 Å². The normalized spacial score (nSPS) is 15.6. The van der Waals surface area contributed by atoms with E-state index in [9.17, 15) is 9.59 Å². The van der Waals surface area contributed by atoms with Gasteiger partial charge in [0, 0.05) is 5.56 Å². The number of carbonyl (C=O) groups is 2. The molecule has 3 aromatic rings. The van der Waals surface area contributed by atoms with E-state index in [4.69, 9.17) is 17.0 Å². The molecule has 1 heterocycles. The summed E-state index contributed by atoms with van der Waals surface area (Å²) in [5.41, 5.74) is 2.21. The van der Waals surface area contributed by atoms with Crippen molar-refractivity contribution >= 4 is 51.7 Å². The first-order valence-electron chi connectivity index (χ1n) is 9.63. The number of nitrogens with zero attached hydrogens (tertiary/aromatic N) is 1. The van der Waals surface area contributed by atoms with Crippen LogP contribution in [0.3, 0.4) is 0 Å². The average Bonchev–Trinajstić information content (AvgIpc) is 2.73. The predicted molar refractivity (Wildman–Crippen MR) is 122 cm³/mol. The van der Waals surface area contributed by atoms with Gasteiger partial charge in [-0.2, -0.15) is 0 Å². The summed E-state index contributed by atoms with van der Waals surface area (Å²) in [6, 6.07) is 19.0. The second-order valence-corrected chi connectivity index (χ2v) is 7.26. The number of rotatable bonds is 4. The lowest BCUT2D eigenvalue weighted by atomic mass is 9.99. The van der Waals surface area contributed by atoms with E-state index in [1.807, 2.05) is 68.4 Å². The van der Waals surface area contributed by atoms with E-state index >= 15 is 0 Å². The zero-order valence-corrected chi connectivity index (χ0v) is 17.5. The number of amides is 2. The first-order chi connectivity index (χ1) is 14.5. The van der Waals surface area contributed by atoms with Gasteiger partial charge in [-0.15, -0.1) is 0 Å². The summed E-state index contributed by atoms with van der Waals surface area (Å²) in [6.07, 6.45) is 1.60. The minimum absolute atomic E-state index is 0.00385. The van der Waals surface area contributed by atoms with Crippen LogP contribution >= 0.6 is 12.2 Å². The molecule has 1 aliphatic heterocycles. The molecule has 0 unspecified atom stereocenters. The third kappa shape index (κ3) is 3.46. The number of hydrogen-bond donors (Lipinski definition) is 1. The van der Waals surface area contributed by atoms with Crippen molar-refractivity contribution in [2.75, 3.05) is 11.5 Å². The van der Waals surface area contributed by atoms with Gasteiger partial charge in [0.15, 0.2) is 5.11 Å². The van der Waals surface area contributed by atoms with Crippen molar-refractivity contribution < 1.29 is 14.3 Å². The van der Waals surface area contributed by atoms with Crippen LogP contribution in [0.1, 0.15) is 18.1 Å². The molecule has 0 bridgehead atoms. The maximum Gasteiger partial charge on any atom is 0.270 e. The Labute approximate surface area is 179 Å². The summed E-state index contributed by atoms with van der Waals surface area (Å²) in [7, 11) is 0. The molecule has 0 aromatic heterocycles. The lowest BCUT2D eigenvalue weighted by Gasteiger charge is -2.30.